The maximum absolute atomic E-state index is 15.6. The smallest absolute Gasteiger partial charge is 0.264 e. The van der Waals surface area contributed by atoms with E-state index in [-0.39, 0.29) is 33.8 Å². The van der Waals surface area contributed by atoms with Crippen molar-refractivity contribution in [3.8, 4) is 28.8 Å². The van der Waals surface area contributed by atoms with Crippen LogP contribution in [0.15, 0.2) is 66.5 Å². The lowest BCUT2D eigenvalue weighted by Gasteiger charge is -2.44. The number of nitriles is 1. The summed E-state index contributed by atoms with van der Waals surface area (Å²) in [5, 5.41) is 15.1. The van der Waals surface area contributed by atoms with Crippen LogP contribution in [0, 0.1) is 17.1 Å². The number of amides is 1. The second kappa shape index (κ2) is 13.5. The van der Waals surface area contributed by atoms with E-state index in [1.807, 2.05) is 30.0 Å². The number of piperidine rings is 1. The molecule has 2 fully saturated rings. The number of carbonyl (C=O) groups excluding carboxylic acids is 1. The van der Waals surface area contributed by atoms with Crippen LogP contribution >= 0.6 is 11.8 Å². The summed E-state index contributed by atoms with van der Waals surface area (Å²) in [5.74, 6) is 1.14. The van der Waals surface area contributed by atoms with E-state index in [1.165, 1.54) is 18.8 Å². The number of allylic oxidation sites excluding steroid dienone is 1. The van der Waals surface area contributed by atoms with Crippen LogP contribution in [0.5, 0.6) is 11.5 Å². The van der Waals surface area contributed by atoms with Gasteiger partial charge in [-0.05, 0) is 69.5 Å². The first kappa shape index (κ1) is 31.5. The van der Waals surface area contributed by atoms with Crippen molar-refractivity contribution >= 4 is 34.5 Å². The summed E-state index contributed by atoms with van der Waals surface area (Å²) in [5.41, 5.74) is 7.47. The fourth-order valence-electron chi connectivity index (χ4n) is 5.96. The maximum atomic E-state index is 15.6. The number of ether oxygens (including phenoxy) is 1. The van der Waals surface area contributed by atoms with Crippen molar-refractivity contribution in [3.63, 3.8) is 0 Å². The second-order valence-corrected chi connectivity index (χ2v) is 13.7. The van der Waals surface area contributed by atoms with Gasteiger partial charge in [-0.15, -0.1) is 11.8 Å². The molecule has 0 spiro atoms. The summed E-state index contributed by atoms with van der Waals surface area (Å²) in [4.78, 5) is 26.3. The largest absolute Gasteiger partial charge is 0.457 e. The first-order chi connectivity index (χ1) is 22.2. The number of benzene rings is 2. The molecule has 0 unspecified atom stereocenters. The number of rotatable bonds is 10. The molecule has 0 bridgehead atoms. The highest BCUT2D eigenvalue weighted by Crippen LogP contribution is 2.37. The van der Waals surface area contributed by atoms with E-state index in [4.69, 9.17) is 15.6 Å². The lowest BCUT2D eigenvalue weighted by molar-refractivity contribution is -0.128. The van der Waals surface area contributed by atoms with Gasteiger partial charge in [-0.1, -0.05) is 24.3 Å². The zero-order chi connectivity index (χ0) is 32.3. The Bertz CT molecular complexity index is 1800. The number of likely N-dealkylation sites (tertiary alicyclic amines) is 2. The van der Waals surface area contributed by atoms with E-state index in [0.29, 0.717) is 54.2 Å². The van der Waals surface area contributed by atoms with E-state index < -0.39 is 5.82 Å². The van der Waals surface area contributed by atoms with Crippen molar-refractivity contribution in [1.82, 2.24) is 29.5 Å². The molecule has 2 saturated heterocycles. The number of anilines is 1. The summed E-state index contributed by atoms with van der Waals surface area (Å²) in [6, 6.07) is 15.6. The minimum absolute atomic E-state index is 0.0439. The molecule has 0 saturated carbocycles. The molecular weight excluding hydrogens is 603 g/mol. The molecule has 46 heavy (non-hydrogen) atoms. The molecule has 4 heterocycles. The molecule has 2 aliphatic rings. The van der Waals surface area contributed by atoms with Gasteiger partial charge in [0.05, 0.1) is 16.3 Å². The molecule has 2 aromatic heterocycles. The van der Waals surface area contributed by atoms with Gasteiger partial charge in [0.15, 0.2) is 5.65 Å². The van der Waals surface area contributed by atoms with Gasteiger partial charge in [0.1, 0.15) is 46.8 Å². The zero-order valence-electron chi connectivity index (χ0n) is 26.0. The van der Waals surface area contributed by atoms with Crippen LogP contribution in [0.25, 0.3) is 22.3 Å². The normalized spacial score (nSPS) is 17.5. The van der Waals surface area contributed by atoms with Gasteiger partial charge in [-0.2, -0.15) is 10.4 Å². The zero-order valence-corrected chi connectivity index (χ0v) is 26.8. The monoisotopic (exact) mass is 640 g/mol. The van der Waals surface area contributed by atoms with Gasteiger partial charge in [0, 0.05) is 37.8 Å². The number of carbonyl (C=O) groups is 1. The average molecular weight is 641 g/mol. The SMILES string of the molecule is CC(C)(SCC/C=C(\C#N)C(=O)N1CCC[C@@H](n2nc(-c3ccc(Oc4ccccc4)cc3F)c3c(N)ncnc32)C1)N1CCC1. The van der Waals surface area contributed by atoms with E-state index in [0.717, 1.165) is 25.3 Å². The number of nitrogens with two attached hydrogens (primary N) is 1. The Labute approximate surface area is 272 Å². The van der Waals surface area contributed by atoms with Crippen molar-refractivity contribution in [2.45, 2.75) is 50.4 Å². The fraction of sp³-hybridized carbons (Fsp3) is 0.382. The third kappa shape index (κ3) is 6.57. The third-order valence-corrected chi connectivity index (χ3v) is 10.0. The molecule has 6 rings (SSSR count). The molecular formula is C34H37FN8O2S. The molecule has 0 aliphatic carbocycles. The van der Waals surface area contributed by atoms with E-state index in [1.54, 1.807) is 39.9 Å². The molecule has 1 amide bonds. The maximum Gasteiger partial charge on any atom is 0.264 e. The number of nitrogens with zero attached hydrogens (tertiary/aromatic N) is 7. The Balaban J connectivity index is 1.20. The molecule has 1 atom stereocenters. The first-order valence-corrected chi connectivity index (χ1v) is 16.5. The van der Waals surface area contributed by atoms with Gasteiger partial charge in [0.2, 0.25) is 0 Å². The molecule has 12 heteroatoms. The van der Waals surface area contributed by atoms with Crippen molar-refractivity contribution in [3.05, 3.63) is 72.3 Å². The summed E-state index contributed by atoms with van der Waals surface area (Å²) < 4.78 is 23.1. The quantitative estimate of drug-likeness (QED) is 0.123. The van der Waals surface area contributed by atoms with Crippen molar-refractivity contribution in [2.75, 3.05) is 37.7 Å². The number of fused-ring (bicyclic) bond motifs is 1. The molecule has 2 aliphatic heterocycles. The highest BCUT2D eigenvalue weighted by molar-refractivity contribution is 8.00. The van der Waals surface area contributed by atoms with Crippen LogP contribution < -0.4 is 10.5 Å². The Morgan fingerprint density at radius 1 is 1.15 bits per heavy atom. The molecule has 4 aromatic rings. The lowest BCUT2D eigenvalue weighted by atomic mass is 10.0. The summed E-state index contributed by atoms with van der Waals surface area (Å²) >= 11 is 1.84. The number of halogens is 1. The molecule has 0 radical (unpaired) electrons. The van der Waals surface area contributed by atoms with Gasteiger partial charge in [0.25, 0.3) is 5.91 Å². The predicted molar refractivity (Wildman–Crippen MR) is 178 cm³/mol. The van der Waals surface area contributed by atoms with E-state index >= 15 is 4.39 Å². The van der Waals surface area contributed by atoms with Crippen LogP contribution in [-0.4, -0.2) is 72.3 Å². The summed E-state index contributed by atoms with van der Waals surface area (Å²) in [6.07, 6.45) is 6.43. The highest BCUT2D eigenvalue weighted by atomic mass is 32.2. The van der Waals surface area contributed by atoms with Gasteiger partial charge >= 0.3 is 0 Å². The van der Waals surface area contributed by atoms with E-state index in [9.17, 15) is 10.1 Å². The number of para-hydroxylation sites is 1. The van der Waals surface area contributed by atoms with Crippen LogP contribution in [0.1, 0.15) is 45.6 Å². The Morgan fingerprint density at radius 2 is 1.96 bits per heavy atom. The minimum Gasteiger partial charge on any atom is -0.457 e. The fourth-order valence-corrected chi connectivity index (χ4v) is 7.06. The number of nitrogen functional groups attached to an aromatic ring is 1. The topological polar surface area (TPSA) is 126 Å². The minimum atomic E-state index is -0.529. The van der Waals surface area contributed by atoms with Crippen LogP contribution in [0.4, 0.5) is 10.2 Å². The van der Waals surface area contributed by atoms with Crippen molar-refractivity contribution in [1.29, 1.82) is 5.26 Å². The Hall–Kier alpha value is -4.47. The molecule has 238 valence electrons. The average Bonchev–Trinajstić information content (AvgIpc) is 3.41. The van der Waals surface area contributed by atoms with Gasteiger partial charge in [-0.25, -0.2) is 19.0 Å². The second-order valence-electron chi connectivity index (χ2n) is 12.0. The molecule has 10 nitrogen and oxygen atoms in total. The van der Waals surface area contributed by atoms with Crippen LogP contribution in [0.2, 0.25) is 0 Å². The van der Waals surface area contributed by atoms with Gasteiger partial charge in [-0.3, -0.25) is 9.69 Å². The number of aromatic nitrogens is 4. The molecule has 2 N–H and O–H groups in total. The van der Waals surface area contributed by atoms with E-state index in [2.05, 4.69) is 34.8 Å². The number of thioether (sulfide) groups is 1. The predicted octanol–water partition coefficient (Wildman–Crippen LogP) is 6.19. The van der Waals surface area contributed by atoms with Crippen molar-refractivity contribution < 1.29 is 13.9 Å². The first-order valence-electron chi connectivity index (χ1n) is 15.5. The Kier molecular flexibility index (Phi) is 9.24. The third-order valence-electron chi connectivity index (χ3n) is 8.61. The standard InChI is InChI=1S/C34H37FN8O2S/c1-34(2,42-16-8-17-42)46-18-7-9-23(20-36)33(44)41-15-6-10-24(21-41)43-32-29(31(37)38-22-39-32)30(40-43)27-14-13-26(19-28(27)35)45-25-11-4-3-5-12-25/h3-5,9,11-14,19,22,24H,6-8,10,15-18,21H2,1-2H3,(H2,37,38,39)/b23-9+/t24-/m1/s1. The Morgan fingerprint density at radius 3 is 2.67 bits per heavy atom. The van der Waals surface area contributed by atoms with Crippen LogP contribution in [-0.2, 0) is 4.79 Å². The van der Waals surface area contributed by atoms with Crippen molar-refractivity contribution in [2.24, 2.45) is 0 Å². The number of hydrogen-bond acceptors (Lipinski definition) is 9. The van der Waals surface area contributed by atoms with Crippen LogP contribution in [0.3, 0.4) is 0 Å². The van der Waals surface area contributed by atoms with Gasteiger partial charge < -0.3 is 15.4 Å². The highest BCUT2D eigenvalue weighted by Gasteiger charge is 2.32. The molecule has 2 aromatic carbocycles. The number of hydrogen-bond donors (Lipinski definition) is 1. The summed E-state index contributed by atoms with van der Waals surface area (Å²) in [7, 11) is 0. The summed E-state index contributed by atoms with van der Waals surface area (Å²) in [6.45, 7) is 7.54. The lowest BCUT2D eigenvalue weighted by Crippen LogP contribution is -2.49.